The van der Waals surface area contributed by atoms with E-state index in [1.54, 1.807) is 6.08 Å². The lowest BCUT2D eigenvalue weighted by molar-refractivity contribution is -0.215. The molecule has 0 aromatic carbocycles. The van der Waals surface area contributed by atoms with Gasteiger partial charge < -0.3 is 10.4 Å². The van der Waals surface area contributed by atoms with Crippen LogP contribution < -0.4 is 5.32 Å². The third-order valence-corrected chi connectivity index (χ3v) is 2.93. The van der Waals surface area contributed by atoms with E-state index in [0.717, 1.165) is 13.8 Å². The summed E-state index contributed by atoms with van der Waals surface area (Å²) in [4.78, 5) is 11.1. The fraction of sp³-hybridized carbons (Fsp3) is 0.562. The summed E-state index contributed by atoms with van der Waals surface area (Å²) in [6.45, 7) is 13.1. The number of carboxylic acids is 1. The van der Waals surface area contributed by atoms with Crippen molar-refractivity contribution in [3.63, 3.8) is 0 Å². The minimum Gasteiger partial charge on any atom is -0.480 e. The lowest BCUT2D eigenvalue weighted by atomic mass is 9.85. The maximum atomic E-state index is 12.8. The zero-order chi connectivity index (χ0) is 18.0. The zero-order valence-electron chi connectivity index (χ0n) is 13.6. The Morgan fingerprint density at radius 3 is 2.09 bits per heavy atom. The van der Waals surface area contributed by atoms with Gasteiger partial charge in [0.1, 0.15) is 6.04 Å². The van der Waals surface area contributed by atoms with Crippen LogP contribution in [0.25, 0.3) is 0 Å². The highest BCUT2D eigenvalue weighted by Crippen LogP contribution is 2.41. The first-order chi connectivity index (χ1) is 10.0. The lowest BCUT2D eigenvalue weighted by Crippen LogP contribution is -2.45. The summed E-state index contributed by atoms with van der Waals surface area (Å²) < 4.78 is 38.3. The molecule has 1 unspecified atom stereocenters. The molecule has 0 rings (SSSR count). The molecule has 0 radical (unpaired) electrons. The second-order valence-electron chi connectivity index (χ2n) is 5.04. The number of hydrogen-bond acceptors (Lipinski definition) is 2. The van der Waals surface area contributed by atoms with Crippen molar-refractivity contribution in [2.75, 3.05) is 6.54 Å². The molecule has 0 saturated heterocycles. The molecule has 0 aliphatic heterocycles. The maximum Gasteiger partial charge on any atom is 0.394 e. The van der Waals surface area contributed by atoms with Crippen molar-refractivity contribution >= 4 is 5.97 Å². The first-order valence-electron chi connectivity index (χ1n) is 7.02. The van der Waals surface area contributed by atoms with Crippen molar-refractivity contribution in [3.8, 4) is 0 Å². The van der Waals surface area contributed by atoms with Crippen LogP contribution in [0.5, 0.6) is 0 Å². The largest absolute Gasteiger partial charge is 0.480 e. The van der Waals surface area contributed by atoms with Gasteiger partial charge >= 0.3 is 12.1 Å². The van der Waals surface area contributed by atoms with Crippen molar-refractivity contribution in [1.82, 2.24) is 5.32 Å². The molecule has 1 atom stereocenters. The highest BCUT2D eigenvalue weighted by molar-refractivity contribution is 5.73. The van der Waals surface area contributed by atoms with E-state index in [9.17, 15) is 18.0 Å². The summed E-state index contributed by atoms with van der Waals surface area (Å²) in [7, 11) is 0. The monoisotopic (exact) mass is 321 g/mol. The van der Waals surface area contributed by atoms with Gasteiger partial charge in [-0.3, -0.25) is 4.79 Å². The van der Waals surface area contributed by atoms with E-state index in [1.807, 2.05) is 13.8 Å². The van der Waals surface area contributed by atoms with Gasteiger partial charge in [-0.15, -0.1) is 0 Å². The molecular weight excluding hydrogens is 295 g/mol. The minimum atomic E-state index is -4.46. The Labute approximate surface area is 130 Å². The predicted octanol–water partition coefficient (Wildman–Crippen LogP) is 4.33. The summed E-state index contributed by atoms with van der Waals surface area (Å²) in [5.41, 5.74) is -1.43. The van der Waals surface area contributed by atoms with Crippen LogP contribution in [0.2, 0.25) is 0 Å². The highest BCUT2D eigenvalue weighted by atomic mass is 19.4. The Morgan fingerprint density at radius 1 is 1.27 bits per heavy atom. The van der Waals surface area contributed by atoms with E-state index in [4.69, 9.17) is 5.11 Å². The third-order valence-electron chi connectivity index (χ3n) is 2.93. The van der Waals surface area contributed by atoms with Gasteiger partial charge in [0.2, 0.25) is 0 Å². The average molecular weight is 321 g/mol. The Hall–Kier alpha value is -1.56. The van der Waals surface area contributed by atoms with Crippen LogP contribution in [0, 0.1) is 5.41 Å². The van der Waals surface area contributed by atoms with Crippen LogP contribution >= 0.6 is 0 Å². The molecule has 3 nitrogen and oxygen atoms in total. The number of alkyl halides is 3. The Bertz CT molecular complexity index is 399. The fourth-order valence-corrected chi connectivity index (χ4v) is 1.46. The van der Waals surface area contributed by atoms with Gasteiger partial charge in [-0.05, 0) is 12.0 Å². The molecule has 6 heteroatoms. The topological polar surface area (TPSA) is 49.3 Å². The molecule has 0 spiro atoms. The molecule has 0 amide bonds. The first kappa shape index (κ1) is 22.7. The fourth-order valence-electron chi connectivity index (χ4n) is 1.46. The molecule has 0 fully saturated rings. The average Bonchev–Trinajstić information content (AvgIpc) is 2.42. The number of aliphatic carboxylic acids is 1. The highest BCUT2D eigenvalue weighted by Gasteiger charge is 2.49. The molecule has 0 aliphatic rings. The number of nitrogens with one attached hydrogen (secondary N) is 1. The number of hydrogen-bond donors (Lipinski definition) is 2. The molecule has 0 aromatic rings. The molecule has 0 heterocycles. The van der Waals surface area contributed by atoms with Gasteiger partial charge in [0, 0.05) is 6.54 Å². The normalized spacial score (nSPS) is 13.7. The van der Waals surface area contributed by atoms with Crippen molar-refractivity contribution in [2.24, 2.45) is 5.41 Å². The molecule has 22 heavy (non-hydrogen) atoms. The summed E-state index contributed by atoms with van der Waals surface area (Å²) >= 11 is 0. The first-order valence-corrected chi connectivity index (χ1v) is 7.02. The van der Waals surface area contributed by atoms with Crippen molar-refractivity contribution in [3.05, 3.63) is 37.0 Å². The van der Waals surface area contributed by atoms with Crippen LogP contribution in [-0.4, -0.2) is 29.8 Å². The van der Waals surface area contributed by atoms with Gasteiger partial charge in [-0.25, -0.2) is 0 Å². The molecule has 0 aliphatic carbocycles. The molecular formula is C16H26F3NO2. The molecule has 0 bridgehead atoms. The van der Waals surface area contributed by atoms with Crippen LogP contribution in [0.15, 0.2) is 37.0 Å². The van der Waals surface area contributed by atoms with Crippen molar-refractivity contribution < 1.29 is 23.1 Å². The summed E-state index contributed by atoms with van der Waals surface area (Å²) in [6, 6.07) is -1.29. The zero-order valence-corrected chi connectivity index (χ0v) is 13.6. The predicted molar refractivity (Wildman–Crippen MR) is 83.7 cm³/mol. The molecule has 0 saturated carbocycles. The molecule has 0 aromatic heterocycles. The minimum absolute atomic E-state index is 0.112. The Kier molecular flexibility index (Phi) is 10.5. The van der Waals surface area contributed by atoms with Crippen molar-refractivity contribution in [1.29, 1.82) is 0 Å². The Morgan fingerprint density at radius 2 is 1.77 bits per heavy atom. The Balaban J connectivity index is 0. The van der Waals surface area contributed by atoms with E-state index in [2.05, 4.69) is 18.5 Å². The van der Waals surface area contributed by atoms with Gasteiger partial charge in [0.05, 0.1) is 5.41 Å². The second-order valence-corrected chi connectivity index (χ2v) is 5.04. The van der Waals surface area contributed by atoms with Gasteiger partial charge in [-0.1, -0.05) is 59.1 Å². The van der Waals surface area contributed by atoms with E-state index in [1.165, 1.54) is 12.2 Å². The standard InChI is InChI=1S/C14H20F3NO2.C2H6/c1-5-7-10(6-2)9-18-11(12(19)20)8-13(3,4)14(15,16)17;1-2/h5-7,11,18H,1-2,8-9H2,3-4H3,(H,19,20);1-2H3/b10-7+;. The number of allylic oxidation sites excluding steroid dienone is 2. The number of halogens is 3. The van der Waals surface area contributed by atoms with E-state index < -0.39 is 30.0 Å². The number of carbonyl (C=O) groups is 1. The summed E-state index contributed by atoms with van der Waals surface area (Å²) in [6.07, 6.45) is -0.421. The smallest absolute Gasteiger partial charge is 0.394 e. The van der Waals surface area contributed by atoms with E-state index >= 15 is 0 Å². The molecule has 2 N–H and O–H groups in total. The van der Waals surface area contributed by atoms with Gasteiger partial charge in [-0.2, -0.15) is 13.2 Å². The third kappa shape index (κ3) is 8.02. The lowest BCUT2D eigenvalue weighted by Gasteiger charge is -2.30. The quantitative estimate of drug-likeness (QED) is 0.654. The van der Waals surface area contributed by atoms with Crippen LogP contribution in [-0.2, 0) is 4.79 Å². The molecule has 128 valence electrons. The van der Waals surface area contributed by atoms with Crippen LogP contribution in [0.3, 0.4) is 0 Å². The summed E-state index contributed by atoms with van der Waals surface area (Å²) in [5, 5.41) is 11.6. The van der Waals surface area contributed by atoms with E-state index in [0.29, 0.717) is 5.57 Å². The second kappa shape index (κ2) is 10.2. The van der Waals surface area contributed by atoms with Crippen LogP contribution in [0.1, 0.15) is 34.1 Å². The van der Waals surface area contributed by atoms with Crippen LogP contribution in [0.4, 0.5) is 13.2 Å². The SMILES string of the molecule is C=C/C=C(\C=C)CNC(CC(C)(C)C(F)(F)F)C(=O)O.CC. The van der Waals surface area contributed by atoms with Crippen molar-refractivity contribution in [2.45, 2.75) is 46.3 Å². The number of rotatable bonds is 8. The maximum absolute atomic E-state index is 12.8. The van der Waals surface area contributed by atoms with Gasteiger partial charge in [0.25, 0.3) is 0 Å². The van der Waals surface area contributed by atoms with Gasteiger partial charge in [0.15, 0.2) is 0 Å². The van der Waals surface area contributed by atoms with E-state index in [-0.39, 0.29) is 6.54 Å². The number of carboxylic acid groups (broad SMARTS) is 1. The summed E-state index contributed by atoms with van der Waals surface area (Å²) in [5.74, 6) is -1.32.